The van der Waals surface area contributed by atoms with E-state index in [4.69, 9.17) is 0 Å². The Morgan fingerprint density at radius 1 is 1.45 bits per heavy atom. The average molecular weight is 275 g/mol. The molecule has 0 radical (unpaired) electrons. The average Bonchev–Trinajstić information content (AvgIpc) is 2.76. The van der Waals surface area contributed by atoms with Gasteiger partial charge in [-0.05, 0) is 12.1 Å². The lowest BCUT2D eigenvalue weighted by atomic mass is 10.3. The van der Waals surface area contributed by atoms with Crippen LogP contribution in [-0.4, -0.2) is 31.8 Å². The van der Waals surface area contributed by atoms with Crippen LogP contribution in [0.15, 0.2) is 29.3 Å². The molecule has 106 valence electrons. The molecule has 0 aliphatic carbocycles. The molecule has 1 amide bonds. The fraction of sp³-hybridized carbons (Fsp3) is 0.385. The van der Waals surface area contributed by atoms with Gasteiger partial charge in [-0.1, -0.05) is 6.92 Å². The van der Waals surface area contributed by atoms with Gasteiger partial charge in [0.15, 0.2) is 5.82 Å². The topological polar surface area (TPSA) is 81.8 Å². The largest absolute Gasteiger partial charge is 0.354 e. The van der Waals surface area contributed by atoms with Gasteiger partial charge in [-0.25, -0.2) is 9.48 Å². The molecule has 0 aliphatic heterocycles. The minimum absolute atomic E-state index is 0.0403. The van der Waals surface area contributed by atoms with Gasteiger partial charge in [-0.2, -0.15) is 0 Å². The number of rotatable bonds is 5. The van der Waals surface area contributed by atoms with Crippen molar-refractivity contribution in [3.63, 3.8) is 0 Å². The van der Waals surface area contributed by atoms with Gasteiger partial charge in [0.05, 0.1) is 6.54 Å². The molecular formula is C13H17N5O2. The fourth-order valence-corrected chi connectivity index (χ4v) is 1.81. The van der Waals surface area contributed by atoms with Crippen LogP contribution in [0.2, 0.25) is 0 Å². The third-order valence-corrected chi connectivity index (χ3v) is 2.93. The molecule has 2 heterocycles. The number of hydrogen-bond acceptors (Lipinski definition) is 4. The highest BCUT2D eigenvalue weighted by atomic mass is 16.2. The number of amides is 1. The number of hydrogen-bond donors (Lipinski definition) is 1. The van der Waals surface area contributed by atoms with Crippen molar-refractivity contribution in [2.45, 2.75) is 19.9 Å². The SMILES string of the molecule is CCC(=O)NCCn1nc(-c2cccnc2)n(C)c1=O. The van der Waals surface area contributed by atoms with Crippen LogP contribution in [-0.2, 0) is 18.4 Å². The molecule has 0 bridgehead atoms. The summed E-state index contributed by atoms with van der Waals surface area (Å²) in [4.78, 5) is 27.2. The Morgan fingerprint density at radius 2 is 2.25 bits per heavy atom. The van der Waals surface area contributed by atoms with Crippen molar-refractivity contribution in [3.8, 4) is 11.4 Å². The molecular weight excluding hydrogens is 258 g/mol. The molecule has 0 aliphatic rings. The quantitative estimate of drug-likeness (QED) is 0.843. The maximum atomic E-state index is 12.0. The first-order chi connectivity index (χ1) is 9.63. The number of carbonyl (C=O) groups is 1. The first kappa shape index (κ1) is 14.0. The summed E-state index contributed by atoms with van der Waals surface area (Å²) in [6.45, 7) is 2.51. The minimum atomic E-state index is -0.213. The summed E-state index contributed by atoms with van der Waals surface area (Å²) in [5.41, 5.74) is 0.568. The predicted molar refractivity (Wildman–Crippen MR) is 74.0 cm³/mol. The van der Waals surface area contributed by atoms with Gasteiger partial charge in [0.1, 0.15) is 0 Å². The van der Waals surface area contributed by atoms with E-state index in [-0.39, 0.29) is 11.6 Å². The van der Waals surface area contributed by atoms with Gasteiger partial charge in [-0.3, -0.25) is 14.3 Å². The van der Waals surface area contributed by atoms with E-state index in [2.05, 4.69) is 15.4 Å². The van der Waals surface area contributed by atoms with E-state index in [1.807, 2.05) is 6.07 Å². The van der Waals surface area contributed by atoms with Gasteiger partial charge in [0.25, 0.3) is 0 Å². The third-order valence-electron chi connectivity index (χ3n) is 2.93. The van der Waals surface area contributed by atoms with E-state index in [9.17, 15) is 9.59 Å². The monoisotopic (exact) mass is 275 g/mol. The number of nitrogens with zero attached hydrogens (tertiary/aromatic N) is 4. The Morgan fingerprint density at radius 3 is 2.90 bits per heavy atom. The Balaban J connectivity index is 2.16. The Hall–Kier alpha value is -2.44. The normalized spacial score (nSPS) is 10.5. The number of nitrogens with one attached hydrogen (secondary N) is 1. The fourth-order valence-electron chi connectivity index (χ4n) is 1.81. The predicted octanol–water partition coefficient (Wildman–Crippen LogP) is 0.170. The molecule has 2 aromatic rings. The molecule has 7 nitrogen and oxygen atoms in total. The lowest BCUT2D eigenvalue weighted by molar-refractivity contribution is -0.120. The summed E-state index contributed by atoms with van der Waals surface area (Å²) in [5.74, 6) is 0.520. The molecule has 1 N–H and O–H groups in total. The zero-order chi connectivity index (χ0) is 14.5. The van der Waals surface area contributed by atoms with Crippen molar-refractivity contribution < 1.29 is 4.79 Å². The summed E-state index contributed by atoms with van der Waals surface area (Å²) in [7, 11) is 1.67. The van der Waals surface area contributed by atoms with Gasteiger partial charge in [0, 0.05) is 38.0 Å². The van der Waals surface area contributed by atoms with E-state index in [1.54, 1.807) is 32.4 Å². The van der Waals surface area contributed by atoms with Crippen molar-refractivity contribution in [1.29, 1.82) is 0 Å². The highest BCUT2D eigenvalue weighted by Gasteiger charge is 2.11. The molecule has 0 fully saturated rings. The van der Waals surface area contributed by atoms with Crippen LogP contribution in [0.1, 0.15) is 13.3 Å². The van der Waals surface area contributed by atoms with Gasteiger partial charge in [0.2, 0.25) is 5.91 Å². The maximum Gasteiger partial charge on any atom is 0.345 e. The maximum absolute atomic E-state index is 12.0. The Bertz CT molecular complexity index is 645. The second-order valence-corrected chi connectivity index (χ2v) is 4.33. The third kappa shape index (κ3) is 2.93. The summed E-state index contributed by atoms with van der Waals surface area (Å²) < 4.78 is 2.82. The van der Waals surface area contributed by atoms with Crippen LogP contribution in [0.3, 0.4) is 0 Å². The zero-order valence-corrected chi connectivity index (χ0v) is 11.5. The van der Waals surface area contributed by atoms with Crippen molar-refractivity contribution in [1.82, 2.24) is 24.6 Å². The summed E-state index contributed by atoms with van der Waals surface area (Å²) in [6.07, 6.45) is 3.75. The molecule has 20 heavy (non-hydrogen) atoms. The number of pyridine rings is 1. The highest BCUT2D eigenvalue weighted by molar-refractivity contribution is 5.75. The van der Waals surface area contributed by atoms with Crippen LogP contribution in [0, 0.1) is 0 Å². The number of aromatic nitrogens is 4. The highest BCUT2D eigenvalue weighted by Crippen LogP contribution is 2.12. The molecule has 0 atom stereocenters. The van der Waals surface area contributed by atoms with Gasteiger partial charge < -0.3 is 5.32 Å². The molecule has 0 spiro atoms. The standard InChI is InChI=1S/C13H17N5O2/c1-3-11(19)15-7-8-18-13(20)17(2)12(16-18)10-5-4-6-14-9-10/h4-6,9H,3,7-8H2,1-2H3,(H,15,19). The minimum Gasteiger partial charge on any atom is -0.354 e. The second kappa shape index (κ2) is 6.14. The van der Waals surface area contributed by atoms with E-state index >= 15 is 0 Å². The van der Waals surface area contributed by atoms with Crippen LogP contribution in [0.4, 0.5) is 0 Å². The van der Waals surface area contributed by atoms with Crippen LogP contribution in [0.25, 0.3) is 11.4 Å². The molecule has 0 unspecified atom stereocenters. The molecule has 0 saturated heterocycles. The van der Waals surface area contributed by atoms with E-state index < -0.39 is 0 Å². The molecule has 0 saturated carbocycles. The summed E-state index contributed by atoms with van der Waals surface area (Å²) in [6, 6.07) is 3.64. The smallest absolute Gasteiger partial charge is 0.345 e. The first-order valence-corrected chi connectivity index (χ1v) is 6.44. The van der Waals surface area contributed by atoms with Crippen molar-refractivity contribution in [3.05, 3.63) is 35.0 Å². The molecule has 2 aromatic heterocycles. The zero-order valence-electron chi connectivity index (χ0n) is 11.5. The Labute approximate surface area is 116 Å². The second-order valence-electron chi connectivity index (χ2n) is 4.33. The van der Waals surface area contributed by atoms with Gasteiger partial charge >= 0.3 is 5.69 Å². The first-order valence-electron chi connectivity index (χ1n) is 6.44. The molecule has 0 aromatic carbocycles. The number of carbonyl (C=O) groups excluding carboxylic acids is 1. The van der Waals surface area contributed by atoms with Crippen molar-refractivity contribution >= 4 is 5.91 Å². The Kier molecular flexibility index (Phi) is 4.29. The molecule has 2 rings (SSSR count). The lowest BCUT2D eigenvalue weighted by Gasteiger charge is -2.02. The van der Waals surface area contributed by atoms with Crippen LogP contribution in [0.5, 0.6) is 0 Å². The summed E-state index contributed by atoms with van der Waals surface area (Å²) in [5, 5.41) is 6.99. The van der Waals surface area contributed by atoms with E-state index in [0.717, 1.165) is 5.56 Å². The lowest BCUT2D eigenvalue weighted by Crippen LogP contribution is -2.31. The van der Waals surface area contributed by atoms with E-state index in [0.29, 0.717) is 25.3 Å². The van der Waals surface area contributed by atoms with Crippen molar-refractivity contribution in [2.24, 2.45) is 7.05 Å². The van der Waals surface area contributed by atoms with Crippen LogP contribution >= 0.6 is 0 Å². The van der Waals surface area contributed by atoms with Crippen molar-refractivity contribution in [2.75, 3.05) is 6.54 Å². The van der Waals surface area contributed by atoms with E-state index in [1.165, 1.54) is 9.25 Å². The molecule has 7 heteroatoms. The summed E-state index contributed by atoms with van der Waals surface area (Å²) >= 11 is 0. The van der Waals surface area contributed by atoms with Gasteiger partial charge in [-0.15, -0.1) is 5.10 Å². The van der Waals surface area contributed by atoms with Crippen LogP contribution < -0.4 is 11.0 Å².